The van der Waals surface area contributed by atoms with Gasteiger partial charge < -0.3 is 15.6 Å². The zero-order valence-corrected chi connectivity index (χ0v) is 8.92. The van der Waals surface area contributed by atoms with Crippen LogP contribution in [0.5, 0.6) is 5.75 Å². The molecule has 1 rings (SSSR count). The minimum absolute atomic E-state index is 0.0833. The Morgan fingerprint density at radius 2 is 1.93 bits per heavy atom. The van der Waals surface area contributed by atoms with Gasteiger partial charge in [0.2, 0.25) is 0 Å². The minimum atomic E-state index is -0.706. The highest BCUT2D eigenvalue weighted by molar-refractivity contribution is 6.37. The molecular weight excluding hydrogens is 225 g/mol. The Kier molecular flexibility index (Phi) is 4.48. The van der Waals surface area contributed by atoms with Gasteiger partial charge in [0.15, 0.2) is 5.75 Å². The maximum Gasteiger partial charge on any atom is 0.156 e. The number of aliphatic hydroxyl groups excluding tert-OH is 1. The first kappa shape index (κ1) is 11.6. The molecule has 1 aromatic rings. The standard InChI is InChI=1S/C9H11Cl2NO2/c10-7-2-1-3-8(11)9(7)14-5-6(13)4-12/h1-3,6,13H,4-5,12H2. The summed E-state index contributed by atoms with van der Waals surface area (Å²) >= 11 is 11.7. The van der Waals surface area contributed by atoms with Gasteiger partial charge in [0, 0.05) is 6.54 Å². The van der Waals surface area contributed by atoms with Crippen LogP contribution < -0.4 is 10.5 Å². The van der Waals surface area contributed by atoms with Gasteiger partial charge >= 0.3 is 0 Å². The molecule has 0 aliphatic heterocycles. The summed E-state index contributed by atoms with van der Waals surface area (Å²) in [5, 5.41) is 10.0. The summed E-state index contributed by atoms with van der Waals surface area (Å²) in [5.74, 6) is 0.378. The smallest absolute Gasteiger partial charge is 0.156 e. The van der Waals surface area contributed by atoms with E-state index in [2.05, 4.69) is 0 Å². The highest BCUT2D eigenvalue weighted by atomic mass is 35.5. The van der Waals surface area contributed by atoms with E-state index in [0.717, 1.165) is 0 Å². The molecule has 0 saturated carbocycles. The molecule has 0 radical (unpaired) electrons. The number of rotatable bonds is 4. The average Bonchev–Trinajstić information content (AvgIpc) is 2.16. The van der Waals surface area contributed by atoms with Crippen LogP contribution in [0.25, 0.3) is 0 Å². The van der Waals surface area contributed by atoms with Crippen molar-refractivity contribution in [2.75, 3.05) is 13.2 Å². The van der Waals surface area contributed by atoms with Gasteiger partial charge in [0.25, 0.3) is 0 Å². The number of aliphatic hydroxyl groups is 1. The van der Waals surface area contributed by atoms with Crippen molar-refractivity contribution in [1.82, 2.24) is 0 Å². The van der Waals surface area contributed by atoms with Gasteiger partial charge in [0.1, 0.15) is 12.7 Å². The van der Waals surface area contributed by atoms with Crippen LogP contribution in [-0.4, -0.2) is 24.4 Å². The van der Waals surface area contributed by atoms with Gasteiger partial charge in [-0.2, -0.15) is 0 Å². The molecule has 3 N–H and O–H groups in total. The Labute approximate surface area is 92.4 Å². The molecule has 78 valence electrons. The van der Waals surface area contributed by atoms with E-state index in [1.54, 1.807) is 18.2 Å². The van der Waals surface area contributed by atoms with Crippen molar-refractivity contribution >= 4 is 23.2 Å². The van der Waals surface area contributed by atoms with Crippen LogP contribution in [0.1, 0.15) is 0 Å². The molecule has 0 spiro atoms. The first-order valence-corrected chi connectivity index (χ1v) is 4.85. The highest BCUT2D eigenvalue weighted by Crippen LogP contribution is 2.32. The second-order valence-corrected chi connectivity index (χ2v) is 3.57. The first-order valence-electron chi connectivity index (χ1n) is 4.10. The van der Waals surface area contributed by atoms with E-state index in [1.807, 2.05) is 0 Å². The Hall–Kier alpha value is -0.480. The zero-order chi connectivity index (χ0) is 10.6. The number of benzene rings is 1. The molecular formula is C9H11Cl2NO2. The summed E-state index contributed by atoms with van der Waals surface area (Å²) in [4.78, 5) is 0. The van der Waals surface area contributed by atoms with E-state index in [0.29, 0.717) is 15.8 Å². The fourth-order valence-corrected chi connectivity index (χ4v) is 1.37. The largest absolute Gasteiger partial charge is 0.488 e. The van der Waals surface area contributed by atoms with Gasteiger partial charge in [-0.25, -0.2) is 0 Å². The molecule has 0 heterocycles. The fraction of sp³-hybridized carbons (Fsp3) is 0.333. The molecule has 0 fully saturated rings. The van der Waals surface area contributed by atoms with Crippen LogP contribution in [0, 0.1) is 0 Å². The Bertz CT molecular complexity index is 287. The Morgan fingerprint density at radius 3 is 2.43 bits per heavy atom. The van der Waals surface area contributed by atoms with Gasteiger partial charge in [0.05, 0.1) is 10.0 Å². The first-order chi connectivity index (χ1) is 6.65. The van der Waals surface area contributed by atoms with Crippen molar-refractivity contribution in [3.8, 4) is 5.75 Å². The van der Waals surface area contributed by atoms with Crippen molar-refractivity contribution in [3.05, 3.63) is 28.2 Å². The molecule has 0 bridgehead atoms. The molecule has 14 heavy (non-hydrogen) atoms. The third kappa shape index (κ3) is 3.03. The topological polar surface area (TPSA) is 55.5 Å². The molecule has 0 amide bonds. The predicted octanol–water partition coefficient (Wildman–Crippen LogP) is 1.69. The summed E-state index contributed by atoms with van der Waals surface area (Å²) in [6.07, 6.45) is -0.706. The molecule has 0 aliphatic rings. The van der Waals surface area contributed by atoms with Crippen LogP contribution in [0.15, 0.2) is 18.2 Å². The summed E-state index contributed by atoms with van der Waals surface area (Å²) in [6, 6.07) is 5.05. The second kappa shape index (κ2) is 5.41. The third-order valence-electron chi connectivity index (χ3n) is 1.61. The number of ether oxygens (including phenoxy) is 1. The monoisotopic (exact) mass is 235 g/mol. The Balaban J connectivity index is 2.66. The van der Waals surface area contributed by atoms with Crippen LogP contribution in [0.4, 0.5) is 0 Å². The summed E-state index contributed by atoms with van der Waals surface area (Å²) in [7, 11) is 0. The van der Waals surface area contributed by atoms with Crippen LogP contribution in [0.3, 0.4) is 0 Å². The quantitative estimate of drug-likeness (QED) is 0.836. The van der Waals surface area contributed by atoms with Crippen molar-refractivity contribution in [1.29, 1.82) is 0 Å². The second-order valence-electron chi connectivity index (χ2n) is 2.75. The van der Waals surface area contributed by atoms with Crippen LogP contribution in [0.2, 0.25) is 10.0 Å². The lowest BCUT2D eigenvalue weighted by molar-refractivity contribution is 0.114. The van der Waals surface area contributed by atoms with Gasteiger partial charge in [-0.3, -0.25) is 0 Å². The molecule has 1 aromatic carbocycles. The third-order valence-corrected chi connectivity index (χ3v) is 2.21. The fourth-order valence-electron chi connectivity index (χ4n) is 0.868. The number of hydrogen-bond donors (Lipinski definition) is 2. The van der Waals surface area contributed by atoms with Crippen LogP contribution in [-0.2, 0) is 0 Å². The average molecular weight is 236 g/mol. The molecule has 1 unspecified atom stereocenters. The maximum absolute atomic E-state index is 9.16. The number of nitrogens with two attached hydrogens (primary N) is 1. The number of hydrogen-bond acceptors (Lipinski definition) is 3. The molecule has 5 heteroatoms. The summed E-state index contributed by atoms with van der Waals surface area (Å²) in [5.41, 5.74) is 5.22. The number of halogens is 2. The van der Waals surface area contributed by atoms with Gasteiger partial charge in [-0.15, -0.1) is 0 Å². The highest BCUT2D eigenvalue weighted by Gasteiger charge is 2.08. The SMILES string of the molecule is NCC(O)COc1c(Cl)cccc1Cl. The minimum Gasteiger partial charge on any atom is -0.488 e. The predicted molar refractivity (Wildman–Crippen MR) is 57.0 cm³/mol. The molecule has 0 saturated heterocycles. The molecule has 0 aromatic heterocycles. The van der Waals surface area contributed by atoms with Gasteiger partial charge in [-0.05, 0) is 12.1 Å². The van der Waals surface area contributed by atoms with Gasteiger partial charge in [-0.1, -0.05) is 29.3 Å². The maximum atomic E-state index is 9.16. The van der Waals surface area contributed by atoms with E-state index in [1.165, 1.54) is 0 Å². The van der Waals surface area contributed by atoms with Crippen molar-refractivity contribution in [2.24, 2.45) is 5.73 Å². The summed E-state index contributed by atoms with van der Waals surface area (Å²) in [6.45, 7) is 0.224. The van der Waals surface area contributed by atoms with E-state index < -0.39 is 6.10 Å². The lowest BCUT2D eigenvalue weighted by Crippen LogP contribution is -2.26. The normalized spacial score (nSPS) is 12.6. The van der Waals surface area contributed by atoms with Crippen LogP contribution >= 0.6 is 23.2 Å². The molecule has 0 aliphatic carbocycles. The van der Waals surface area contributed by atoms with E-state index in [-0.39, 0.29) is 13.2 Å². The zero-order valence-electron chi connectivity index (χ0n) is 7.41. The van der Waals surface area contributed by atoms with E-state index in [4.69, 9.17) is 38.8 Å². The lowest BCUT2D eigenvalue weighted by Gasteiger charge is -2.12. The summed E-state index contributed by atoms with van der Waals surface area (Å²) < 4.78 is 5.23. The van der Waals surface area contributed by atoms with Crippen molar-refractivity contribution in [2.45, 2.75) is 6.10 Å². The molecule has 3 nitrogen and oxygen atoms in total. The van der Waals surface area contributed by atoms with Crippen molar-refractivity contribution in [3.63, 3.8) is 0 Å². The van der Waals surface area contributed by atoms with E-state index >= 15 is 0 Å². The van der Waals surface area contributed by atoms with E-state index in [9.17, 15) is 0 Å². The number of para-hydroxylation sites is 1. The Morgan fingerprint density at radius 1 is 1.36 bits per heavy atom. The van der Waals surface area contributed by atoms with Crippen molar-refractivity contribution < 1.29 is 9.84 Å². The molecule has 1 atom stereocenters. The lowest BCUT2D eigenvalue weighted by atomic mass is 10.3.